The van der Waals surface area contributed by atoms with Gasteiger partial charge in [-0.3, -0.25) is 24.1 Å². The fourth-order valence-corrected chi connectivity index (χ4v) is 27.1. The molecule has 0 saturated heterocycles. The molecule has 0 aliphatic heterocycles. The van der Waals surface area contributed by atoms with E-state index in [9.17, 15) is 0 Å². The van der Waals surface area contributed by atoms with Crippen LogP contribution in [0.25, 0.3) is 287 Å². The molecule has 0 N–H and O–H groups in total. The van der Waals surface area contributed by atoms with Crippen LogP contribution in [0.3, 0.4) is 0 Å². The molecule has 19 aromatic carbocycles. The molecular weight excluding hydrogens is 1850 g/mol. The summed E-state index contributed by atoms with van der Waals surface area (Å²) in [4.78, 5) is 46.0. The number of para-hydroxylation sites is 3. The summed E-state index contributed by atoms with van der Waals surface area (Å²) >= 11 is 5.61. The summed E-state index contributed by atoms with van der Waals surface area (Å²) in [5.41, 5.74) is 29.0. The molecule has 12 heterocycles. The maximum absolute atomic E-state index is 5.53. The third kappa shape index (κ3) is 13.1. The Morgan fingerprint density at radius 1 is 0.218 bits per heavy atom. The summed E-state index contributed by atoms with van der Waals surface area (Å²) in [5.74, 6) is 1.96. The van der Waals surface area contributed by atoms with Crippen molar-refractivity contribution in [2.24, 2.45) is 0 Å². The number of rotatable bonds is 9. The topological polar surface area (TPSA) is 131 Å². The van der Waals surface area contributed by atoms with E-state index in [-0.39, 0.29) is 5.41 Å². The summed E-state index contributed by atoms with van der Waals surface area (Å²) in [5, 5.41) is 22.6. The minimum Gasteiger partial charge on any atom is -0.309 e. The average molecular weight is 1930 g/mol. The van der Waals surface area contributed by atoms with Crippen molar-refractivity contribution in [2.75, 3.05) is 0 Å². The molecule has 0 radical (unpaired) electrons. The SMILES string of the molecule is CC1(C)c2ccccc2-c2ccc(-c3nc(-n4c5ccccc5c5c6ccccc6c6sc7ccccc7c6c54)nc4cccnc34)cc21.c1ccc(-c2cc(-c3ccccc3)cc(-c3nc(-n4c5ccccc5c5c6ccccc6c6sc7ccccc7c6c54)nc4cccnc34)c2)cc1.c1ccc(-c2nc(-c3ccc(-n4c5ccccc5c5c6ccccc6c6sc7ccccc7c6c54)cc3)nc3cccnc23)cc1. The molecule has 12 nitrogen and oxygen atoms in total. The standard InChI is InChI=1S/C47H28N4S.C44H28N4S.C41H24N4S/c1-3-14-29(15-4-1)31-26-32(30-16-5-2-6-17-30)28-33(27-31)43-44-38(22-13-25-48-44)49-47(50-43)51-39-23-11-9-20-36(39)41-34-18-7-8-19-35(34)46-42(45(41)51)37-21-10-12-24-40(37)52-46;1-44(2)32-17-8-5-12-26(32)27-22-21-25(24-33(27)44)39-40-34(18-11-23-45-40)46-43(47-39)48-35-19-9-6-15-30(35)37-28-13-3-4-14-29(28)42-38(41(37)48)31-16-7-10-20-36(31)49-42;1-2-11-25(12-3-1)37-38-32(17-10-24-42-38)43-41(44-37)26-20-22-27(23-21-26)45-33-18-8-6-15-30(33)35-28-13-4-5-14-29(28)40-36(39(35)45)31-16-7-9-19-34(31)46-40/h1-28H;3-24H,1-2H3;1-24H. The molecule has 0 atom stereocenters. The minimum absolute atomic E-state index is 0.124. The first-order valence-corrected chi connectivity index (χ1v) is 52.0. The number of benzene rings is 19. The maximum Gasteiger partial charge on any atom is 0.235 e. The van der Waals surface area contributed by atoms with Crippen LogP contribution in [0, 0.1) is 0 Å². The van der Waals surface area contributed by atoms with Gasteiger partial charge in [-0.15, -0.1) is 34.0 Å². The zero-order valence-electron chi connectivity index (χ0n) is 79.3. The minimum atomic E-state index is -0.124. The van der Waals surface area contributed by atoms with Crippen LogP contribution in [-0.4, -0.2) is 58.6 Å². The summed E-state index contributed by atoms with van der Waals surface area (Å²) in [6.45, 7) is 4.64. The van der Waals surface area contributed by atoms with Gasteiger partial charge in [-0.05, 0) is 182 Å². The van der Waals surface area contributed by atoms with Gasteiger partial charge in [0.1, 0.15) is 33.6 Å². The van der Waals surface area contributed by atoms with Crippen LogP contribution in [0.1, 0.15) is 25.0 Å². The highest BCUT2D eigenvalue weighted by atomic mass is 32.1. The van der Waals surface area contributed by atoms with E-state index in [1.807, 2.05) is 88.9 Å². The molecule has 1 aliphatic rings. The number of aromatic nitrogens is 12. The van der Waals surface area contributed by atoms with Gasteiger partial charge in [0.05, 0.1) is 49.7 Å². The van der Waals surface area contributed by atoms with Gasteiger partial charge in [-0.25, -0.2) is 29.9 Å². The van der Waals surface area contributed by atoms with Crippen LogP contribution in [0.2, 0.25) is 0 Å². The molecule has 0 fully saturated rings. The number of hydrogen-bond donors (Lipinski definition) is 0. The van der Waals surface area contributed by atoms with Crippen molar-refractivity contribution in [3.8, 4) is 96.1 Å². The molecule has 147 heavy (non-hydrogen) atoms. The zero-order valence-corrected chi connectivity index (χ0v) is 81.8. The lowest BCUT2D eigenvalue weighted by molar-refractivity contribution is 0.660. The first-order valence-electron chi connectivity index (χ1n) is 49.5. The van der Waals surface area contributed by atoms with Crippen LogP contribution in [-0.2, 0) is 5.41 Å². The van der Waals surface area contributed by atoms with E-state index >= 15 is 0 Å². The molecule has 15 heteroatoms. The Balaban J connectivity index is 0.000000102. The first kappa shape index (κ1) is 84.2. The molecule has 12 aromatic heterocycles. The fraction of sp³-hybridized carbons (Fsp3) is 0.0227. The van der Waals surface area contributed by atoms with E-state index in [1.165, 1.54) is 158 Å². The molecule has 0 bridgehead atoms. The van der Waals surface area contributed by atoms with Gasteiger partial charge in [0.15, 0.2) is 5.82 Å². The monoisotopic (exact) mass is 1930 g/mol. The van der Waals surface area contributed by atoms with Crippen molar-refractivity contribution in [3.63, 3.8) is 0 Å². The summed E-state index contributed by atoms with van der Waals surface area (Å²) in [7, 11) is 0. The zero-order chi connectivity index (χ0) is 96.8. The maximum atomic E-state index is 5.53. The highest BCUT2D eigenvalue weighted by Gasteiger charge is 2.37. The Kier molecular flexibility index (Phi) is 19.1. The lowest BCUT2D eigenvalue weighted by Crippen LogP contribution is -2.15. The second-order valence-electron chi connectivity index (χ2n) is 38.4. The van der Waals surface area contributed by atoms with Gasteiger partial charge in [0, 0.05) is 161 Å². The quantitative estimate of drug-likeness (QED) is 0.139. The Morgan fingerprint density at radius 3 is 1.01 bits per heavy atom. The van der Waals surface area contributed by atoms with E-state index in [1.54, 1.807) is 6.20 Å². The van der Waals surface area contributed by atoms with Crippen LogP contribution < -0.4 is 0 Å². The third-order valence-electron chi connectivity index (χ3n) is 29.9. The van der Waals surface area contributed by atoms with E-state index in [2.05, 4.69) is 421 Å². The molecule has 1 aliphatic carbocycles. The Labute approximate surface area is 853 Å². The number of nitrogens with zero attached hydrogens (tertiary/aromatic N) is 12. The highest BCUT2D eigenvalue weighted by Crippen LogP contribution is 2.55. The molecular formula is C132H80N12S3. The van der Waals surface area contributed by atoms with Gasteiger partial charge >= 0.3 is 0 Å². The number of hydrogen-bond acceptors (Lipinski definition) is 12. The van der Waals surface area contributed by atoms with Gasteiger partial charge in [0.2, 0.25) is 11.9 Å². The lowest BCUT2D eigenvalue weighted by Gasteiger charge is -2.22. The summed E-state index contributed by atoms with van der Waals surface area (Å²) in [6.07, 6.45) is 5.48. The number of thiophene rings is 3. The molecule has 0 saturated carbocycles. The summed E-state index contributed by atoms with van der Waals surface area (Å²) in [6, 6.07) is 153. The first-order chi connectivity index (χ1) is 72.7. The van der Waals surface area contributed by atoms with Crippen LogP contribution in [0.4, 0.5) is 0 Å². The van der Waals surface area contributed by atoms with E-state index < -0.39 is 0 Å². The molecule has 686 valence electrons. The van der Waals surface area contributed by atoms with Crippen molar-refractivity contribution in [3.05, 3.63) is 460 Å². The van der Waals surface area contributed by atoms with Crippen molar-refractivity contribution in [1.82, 2.24) is 58.6 Å². The van der Waals surface area contributed by atoms with Crippen LogP contribution >= 0.6 is 34.0 Å². The van der Waals surface area contributed by atoms with Crippen LogP contribution in [0.5, 0.6) is 0 Å². The molecule has 0 unspecified atom stereocenters. The largest absolute Gasteiger partial charge is 0.309 e. The third-order valence-corrected chi connectivity index (χ3v) is 33.5. The summed E-state index contributed by atoms with van der Waals surface area (Å²) < 4.78 is 14.8. The van der Waals surface area contributed by atoms with Crippen molar-refractivity contribution < 1.29 is 0 Å². The van der Waals surface area contributed by atoms with Gasteiger partial charge in [-0.1, -0.05) is 323 Å². The number of pyridine rings is 3. The van der Waals surface area contributed by atoms with Crippen molar-refractivity contribution in [2.45, 2.75) is 19.3 Å². The molecule has 31 aromatic rings. The van der Waals surface area contributed by atoms with Crippen molar-refractivity contribution >= 4 is 225 Å². The second-order valence-corrected chi connectivity index (χ2v) is 41.6. The van der Waals surface area contributed by atoms with E-state index in [4.69, 9.17) is 39.9 Å². The van der Waals surface area contributed by atoms with Crippen molar-refractivity contribution in [1.29, 1.82) is 0 Å². The normalized spacial score (nSPS) is 12.5. The number of fused-ring (bicyclic) bond motifs is 36. The predicted molar refractivity (Wildman–Crippen MR) is 616 cm³/mol. The highest BCUT2D eigenvalue weighted by molar-refractivity contribution is 7.28. The Bertz CT molecular complexity index is 10900. The van der Waals surface area contributed by atoms with Gasteiger partial charge in [-0.2, -0.15) is 0 Å². The Morgan fingerprint density at radius 2 is 0.558 bits per heavy atom. The van der Waals surface area contributed by atoms with Crippen LogP contribution in [0.15, 0.2) is 449 Å². The van der Waals surface area contributed by atoms with Gasteiger partial charge < -0.3 is 4.57 Å². The average Bonchev–Trinajstić information content (AvgIpc) is 1.53. The van der Waals surface area contributed by atoms with E-state index in [0.29, 0.717) is 17.7 Å². The molecule has 0 spiro atoms. The molecule has 0 amide bonds. The predicted octanol–water partition coefficient (Wildman–Crippen LogP) is 35.2. The fourth-order valence-electron chi connectivity index (χ4n) is 23.4. The second kappa shape index (κ2) is 33.3. The molecule has 32 rings (SSSR count). The Hall–Kier alpha value is -18.5. The lowest BCUT2D eigenvalue weighted by atomic mass is 9.82. The smallest absolute Gasteiger partial charge is 0.235 e. The van der Waals surface area contributed by atoms with Gasteiger partial charge in [0.25, 0.3) is 0 Å². The van der Waals surface area contributed by atoms with E-state index in [0.717, 1.165) is 122 Å².